The Morgan fingerprint density at radius 3 is 2.54 bits per heavy atom. The number of aromatic nitrogens is 1. The molecule has 0 saturated heterocycles. The fourth-order valence-electron chi connectivity index (χ4n) is 2.64. The highest BCUT2D eigenvalue weighted by atomic mass is 127. The predicted octanol–water partition coefficient (Wildman–Crippen LogP) is 4.72. The van der Waals surface area contributed by atoms with Gasteiger partial charge in [0.25, 0.3) is 5.91 Å². The van der Waals surface area contributed by atoms with Gasteiger partial charge in [0.15, 0.2) is 0 Å². The molecule has 28 heavy (non-hydrogen) atoms. The smallest absolute Gasteiger partial charge is 0.255 e. The number of carbonyl (C=O) groups is 1. The van der Waals surface area contributed by atoms with Crippen LogP contribution in [-0.4, -0.2) is 23.3 Å². The molecule has 3 rings (SSSR count). The van der Waals surface area contributed by atoms with Gasteiger partial charge >= 0.3 is 0 Å². The second-order valence-corrected chi connectivity index (χ2v) is 7.37. The quantitative estimate of drug-likeness (QED) is 0.302. The number of benzene rings is 2. The van der Waals surface area contributed by atoms with E-state index >= 15 is 0 Å². The molecule has 0 saturated carbocycles. The second kappa shape index (κ2) is 9.45. The molecule has 3 N–H and O–H groups in total. The Labute approximate surface area is 178 Å². The summed E-state index contributed by atoms with van der Waals surface area (Å²) in [6.07, 6.45) is 2.70. The van der Waals surface area contributed by atoms with Crippen molar-refractivity contribution in [2.75, 3.05) is 11.9 Å². The van der Waals surface area contributed by atoms with Gasteiger partial charge in [0.2, 0.25) is 0 Å². The molecule has 142 valence electrons. The van der Waals surface area contributed by atoms with E-state index in [0.29, 0.717) is 17.9 Å². The van der Waals surface area contributed by atoms with Gasteiger partial charge in [-0.15, -0.1) is 0 Å². The highest BCUT2D eigenvalue weighted by molar-refractivity contribution is 14.1. The molecule has 5 nitrogen and oxygen atoms in total. The van der Waals surface area contributed by atoms with Gasteiger partial charge in [0, 0.05) is 38.7 Å². The Bertz CT molecular complexity index is 985. The van der Waals surface area contributed by atoms with Gasteiger partial charge in [-0.2, -0.15) is 0 Å². The normalized spacial score (nSPS) is 11.3. The number of amidine groups is 1. The van der Waals surface area contributed by atoms with Crippen LogP contribution in [0.4, 0.5) is 5.69 Å². The van der Waals surface area contributed by atoms with E-state index in [1.807, 2.05) is 55.5 Å². The van der Waals surface area contributed by atoms with Crippen LogP contribution in [0.2, 0.25) is 0 Å². The minimum atomic E-state index is -0.177. The summed E-state index contributed by atoms with van der Waals surface area (Å²) >= 11 is 2.27. The van der Waals surface area contributed by atoms with E-state index in [2.05, 4.69) is 37.9 Å². The maximum Gasteiger partial charge on any atom is 0.255 e. The van der Waals surface area contributed by atoms with Crippen LogP contribution in [-0.2, 0) is 0 Å². The fourth-order valence-corrected chi connectivity index (χ4v) is 3.25. The molecule has 6 heteroatoms. The van der Waals surface area contributed by atoms with Gasteiger partial charge in [-0.25, -0.2) is 0 Å². The van der Waals surface area contributed by atoms with Gasteiger partial charge in [0.05, 0.1) is 5.69 Å². The molecule has 0 spiro atoms. The Morgan fingerprint density at radius 1 is 1.11 bits per heavy atom. The number of nitrogens with one attached hydrogen (secondary N) is 1. The van der Waals surface area contributed by atoms with E-state index in [1.165, 1.54) is 0 Å². The zero-order chi connectivity index (χ0) is 19.9. The fraction of sp³-hybridized carbons (Fsp3) is 0.136. The van der Waals surface area contributed by atoms with Gasteiger partial charge in [-0.1, -0.05) is 25.1 Å². The lowest BCUT2D eigenvalue weighted by Crippen LogP contribution is -2.15. The Kier molecular flexibility index (Phi) is 6.76. The van der Waals surface area contributed by atoms with Crippen molar-refractivity contribution in [2.45, 2.75) is 13.3 Å². The van der Waals surface area contributed by atoms with Crippen molar-refractivity contribution in [1.29, 1.82) is 0 Å². The third kappa shape index (κ3) is 4.95. The van der Waals surface area contributed by atoms with Crippen molar-refractivity contribution in [3.63, 3.8) is 0 Å². The number of pyridine rings is 1. The number of amides is 1. The molecule has 0 aliphatic carbocycles. The van der Waals surface area contributed by atoms with Crippen molar-refractivity contribution < 1.29 is 4.79 Å². The first-order valence-electron chi connectivity index (χ1n) is 9.01. The molecule has 0 aliphatic rings. The number of nitrogens with zero attached hydrogens (tertiary/aromatic N) is 2. The first-order valence-corrected chi connectivity index (χ1v) is 10.1. The number of hydrogen-bond acceptors (Lipinski definition) is 3. The molecular weight excluding hydrogens is 463 g/mol. The van der Waals surface area contributed by atoms with E-state index in [9.17, 15) is 4.79 Å². The number of nitrogens with two attached hydrogens (primary N) is 1. The van der Waals surface area contributed by atoms with Crippen LogP contribution in [0.3, 0.4) is 0 Å². The minimum Gasteiger partial charge on any atom is -0.384 e. The minimum absolute atomic E-state index is 0.177. The van der Waals surface area contributed by atoms with Crippen LogP contribution >= 0.6 is 22.6 Å². The molecule has 3 aromatic rings. The molecule has 0 fully saturated rings. The SMILES string of the molecule is CCCN=C(N)c1ccc(C(=O)Nc2ccc(I)c(-c3ccccn3)c2)cc1. The van der Waals surface area contributed by atoms with Gasteiger partial charge in [0.1, 0.15) is 5.84 Å². The first-order chi connectivity index (χ1) is 13.6. The number of carbonyl (C=O) groups excluding carboxylic acids is 1. The van der Waals surface area contributed by atoms with Crippen LogP contribution in [0, 0.1) is 3.57 Å². The molecule has 0 unspecified atom stereocenters. The summed E-state index contributed by atoms with van der Waals surface area (Å²) in [6, 6.07) is 18.7. The Morgan fingerprint density at radius 2 is 1.86 bits per heavy atom. The van der Waals surface area contributed by atoms with Crippen molar-refractivity contribution in [1.82, 2.24) is 4.98 Å². The van der Waals surface area contributed by atoms with Crippen molar-refractivity contribution in [3.8, 4) is 11.3 Å². The highest BCUT2D eigenvalue weighted by Crippen LogP contribution is 2.27. The molecular formula is C22H21IN4O. The van der Waals surface area contributed by atoms with E-state index in [-0.39, 0.29) is 5.91 Å². The van der Waals surface area contributed by atoms with Crippen LogP contribution < -0.4 is 11.1 Å². The Balaban J connectivity index is 1.76. The predicted molar refractivity (Wildman–Crippen MR) is 123 cm³/mol. The maximum atomic E-state index is 12.6. The molecule has 0 aliphatic heterocycles. The van der Waals surface area contributed by atoms with Gasteiger partial charge in [-0.3, -0.25) is 14.8 Å². The Hall–Kier alpha value is -2.74. The van der Waals surface area contributed by atoms with E-state index in [0.717, 1.165) is 32.5 Å². The summed E-state index contributed by atoms with van der Waals surface area (Å²) in [5, 5.41) is 2.95. The zero-order valence-electron chi connectivity index (χ0n) is 15.5. The highest BCUT2D eigenvalue weighted by Gasteiger charge is 2.10. The number of rotatable bonds is 6. The summed E-state index contributed by atoms with van der Waals surface area (Å²) in [7, 11) is 0. The summed E-state index contributed by atoms with van der Waals surface area (Å²) < 4.78 is 1.07. The number of hydrogen-bond donors (Lipinski definition) is 2. The number of halogens is 1. The third-order valence-corrected chi connectivity index (χ3v) is 5.05. The van der Waals surface area contributed by atoms with Crippen LogP contribution in [0.1, 0.15) is 29.3 Å². The summed E-state index contributed by atoms with van der Waals surface area (Å²) in [6.45, 7) is 2.74. The first kappa shape index (κ1) is 20.0. The third-order valence-electron chi connectivity index (χ3n) is 4.11. The standard InChI is InChI=1S/C22H21IN4O/c1-2-12-26-21(24)15-6-8-16(9-7-15)22(28)27-17-10-11-19(23)18(14-17)20-5-3-4-13-25-20/h3-11,13-14H,2,12H2,1H3,(H2,24,26)(H,27,28). The molecule has 0 atom stereocenters. The van der Waals surface area contributed by atoms with Gasteiger partial charge < -0.3 is 11.1 Å². The monoisotopic (exact) mass is 484 g/mol. The van der Waals surface area contributed by atoms with E-state index in [4.69, 9.17) is 5.73 Å². The van der Waals surface area contributed by atoms with Gasteiger partial charge in [-0.05, 0) is 71.5 Å². The van der Waals surface area contributed by atoms with Crippen LogP contribution in [0.15, 0.2) is 71.9 Å². The van der Waals surface area contributed by atoms with Crippen molar-refractivity contribution in [2.24, 2.45) is 10.7 Å². The molecule has 1 amide bonds. The lowest BCUT2D eigenvalue weighted by molar-refractivity contribution is 0.102. The lowest BCUT2D eigenvalue weighted by Gasteiger charge is -2.10. The molecule has 0 bridgehead atoms. The number of aliphatic imine (C=N–C) groups is 1. The lowest BCUT2D eigenvalue weighted by atomic mass is 10.1. The average Bonchev–Trinajstić information content (AvgIpc) is 2.74. The molecule has 1 heterocycles. The molecule has 1 aromatic heterocycles. The topological polar surface area (TPSA) is 80.4 Å². The van der Waals surface area contributed by atoms with Crippen LogP contribution in [0.5, 0.6) is 0 Å². The van der Waals surface area contributed by atoms with Crippen molar-refractivity contribution in [3.05, 3.63) is 81.6 Å². The largest absolute Gasteiger partial charge is 0.384 e. The van der Waals surface area contributed by atoms with E-state index in [1.54, 1.807) is 18.3 Å². The summed E-state index contributed by atoms with van der Waals surface area (Å²) in [5.41, 5.74) is 9.91. The average molecular weight is 484 g/mol. The van der Waals surface area contributed by atoms with E-state index < -0.39 is 0 Å². The number of anilines is 1. The summed E-state index contributed by atoms with van der Waals surface area (Å²) in [4.78, 5) is 21.3. The van der Waals surface area contributed by atoms with Crippen LogP contribution in [0.25, 0.3) is 11.3 Å². The zero-order valence-corrected chi connectivity index (χ0v) is 17.7. The summed E-state index contributed by atoms with van der Waals surface area (Å²) in [5.74, 6) is 0.315. The molecule has 0 radical (unpaired) electrons. The molecule has 2 aromatic carbocycles. The van der Waals surface area contributed by atoms with Crippen molar-refractivity contribution >= 4 is 40.0 Å². The second-order valence-electron chi connectivity index (χ2n) is 6.21. The maximum absolute atomic E-state index is 12.6.